The number of aliphatic imine (C=N–C) groups is 2. The van der Waals surface area contributed by atoms with Crippen molar-refractivity contribution >= 4 is 29.7 Å². The van der Waals surface area contributed by atoms with E-state index in [0.717, 1.165) is 5.56 Å². The fourth-order valence-corrected chi connectivity index (χ4v) is 2.23. The van der Waals surface area contributed by atoms with E-state index in [2.05, 4.69) is 26.8 Å². The van der Waals surface area contributed by atoms with Gasteiger partial charge in [-0.3, -0.25) is 0 Å². The lowest BCUT2D eigenvalue weighted by atomic mass is 10.1. The summed E-state index contributed by atoms with van der Waals surface area (Å²) in [5, 5.41) is 4.56. The second kappa shape index (κ2) is 8.35. The lowest BCUT2D eigenvalue weighted by Gasteiger charge is -2.09. The number of nitrogens with zero attached hydrogens (tertiary/aromatic N) is 5. The number of hydrogen-bond donors (Lipinski definition) is 0. The second-order valence-electron chi connectivity index (χ2n) is 4.87. The smallest absolute Gasteiger partial charge is 0.239 e. The molecule has 0 spiro atoms. The summed E-state index contributed by atoms with van der Waals surface area (Å²) in [7, 11) is 1.49. The highest BCUT2D eigenvalue weighted by Gasteiger charge is 2.10. The van der Waals surface area contributed by atoms with E-state index in [1.807, 2.05) is 19.1 Å². The van der Waals surface area contributed by atoms with Crippen molar-refractivity contribution in [1.82, 2.24) is 14.8 Å². The first kappa shape index (κ1) is 17.8. The highest BCUT2D eigenvalue weighted by molar-refractivity contribution is 6.30. The maximum atomic E-state index is 12.5. The predicted octanol–water partition coefficient (Wildman–Crippen LogP) is 3.54. The molecule has 0 aliphatic rings. The fraction of sp³-hybridized carbons (Fsp3) is 0.250. The summed E-state index contributed by atoms with van der Waals surface area (Å²) < 4.78 is 19.3. The summed E-state index contributed by atoms with van der Waals surface area (Å²) in [6.45, 7) is 4.97. The topological polar surface area (TPSA) is 64.7 Å². The molecule has 1 heterocycles. The molecule has 0 saturated carbocycles. The van der Waals surface area contributed by atoms with Crippen molar-refractivity contribution in [2.24, 2.45) is 9.98 Å². The molecule has 0 bridgehead atoms. The van der Waals surface area contributed by atoms with Gasteiger partial charge in [-0.25, -0.2) is 24.0 Å². The van der Waals surface area contributed by atoms with Crippen molar-refractivity contribution in [3.8, 4) is 0 Å². The Morgan fingerprint density at radius 1 is 1.46 bits per heavy atom. The highest BCUT2D eigenvalue weighted by Crippen LogP contribution is 2.24. The molecule has 8 heteroatoms. The third kappa shape index (κ3) is 4.48. The summed E-state index contributed by atoms with van der Waals surface area (Å²) in [5.74, 6) is 0.415. The van der Waals surface area contributed by atoms with Gasteiger partial charge in [0.2, 0.25) is 5.88 Å². The summed E-state index contributed by atoms with van der Waals surface area (Å²) >= 11 is 6.05. The van der Waals surface area contributed by atoms with Gasteiger partial charge in [0.15, 0.2) is 12.5 Å². The van der Waals surface area contributed by atoms with Gasteiger partial charge < -0.3 is 4.74 Å². The Balaban J connectivity index is 2.37. The van der Waals surface area contributed by atoms with Crippen LogP contribution in [0.3, 0.4) is 0 Å². The van der Waals surface area contributed by atoms with Gasteiger partial charge in [-0.05, 0) is 25.8 Å². The second-order valence-corrected chi connectivity index (χ2v) is 5.30. The molecular weight excluding hydrogens is 333 g/mol. The fourth-order valence-electron chi connectivity index (χ4n) is 2.04. The van der Waals surface area contributed by atoms with E-state index < -0.39 is 6.67 Å². The van der Waals surface area contributed by atoms with Crippen molar-refractivity contribution in [1.29, 1.82) is 0 Å². The van der Waals surface area contributed by atoms with Crippen molar-refractivity contribution in [2.75, 3.05) is 7.11 Å². The molecule has 0 atom stereocenters. The van der Waals surface area contributed by atoms with Gasteiger partial charge in [0.05, 0.1) is 13.7 Å². The number of rotatable bonds is 7. The van der Waals surface area contributed by atoms with E-state index in [1.165, 1.54) is 18.1 Å². The van der Waals surface area contributed by atoms with Crippen molar-refractivity contribution in [2.45, 2.75) is 20.1 Å². The zero-order chi connectivity index (χ0) is 17.5. The lowest BCUT2D eigenvalue weighted by molar-refractivity contribution is 0.291. The van der Waals surface area contributed by atoms with Crippen LogP contribution in [-0.2, 0) is 18.0 Å². The molecule has 0 saturated heterocycles. The molecule has 126 valence electrons. The van der Waals surface area contributed by atoms with E-state index in [0.29, 0.717) is 23.0 Å². The number of hydrogen-bond acceptors (Lipinski definition) is 5. The molecule has 0 aliphatic carbocycles. The molecule has 6 nitrogen and oxygen atoms in total. The van der Waals surface area contributed by atoms with Crippen LogP contribution in [0.1, 0.15) is 18.3 Å². The minimum atomic E-state index is -0.703. The van der Waals surface area contributed by atoms with Crippen LogP contribution in [0, 0.1) is 0 Å². The Bertz CT molecular complexity index is 784. The monoisotopic (exact) mass is 349 g/mol. The predicted molar refractivity (Wildman–Crippen MR) is 92.9 cm³/mol. The van der Waals surface area contributed by atoms with E-state index in [4.69, 9.17) is 16.3 Å². The number of ether oxygens (including phenoxy) is 1. The maximum absolute atomic E-state index is 12.5. The Kier molecular flexibility index (Phi) is 6.20. The van der Waals surface area contributed by atoms with Crippen molar-refractivity contribution < 1.29 is 9.13 Å². The number of benzene rings is 1. The number of methoxy groups -OCH3 is 1. The number of halogens is 2. The van der Waals surface area contributed by atoms with Gasteiger partial charge in [0.1, 0.15) is 12.0 Å². The maximum Gasteiger partial charge on any atom is 0.239 e. The third-order valence-corrected chi connectivity index (χ3v) is 3.27. The van der Waals surface area contributed by atoms with Gasteiger partial charge in [-0.15, -0.1) is 0 Å². The molecule has 0 radical (unpaired) electrons. The third-order valence-electron chi connectivity index (χ3n) is 3.03. The quantitative estimate of drug-likeness (QED) is 0.567. The molecule has 1 aromatic heterocycles. The molecule has 2 rings (SSSR count). The first-order valence-electron chi connectivity index (χ1n) is 7.06. The van der Waals surface area contributed by atoms with E-state index >= 15 is 0 Å². The molecule has 1 aromatic carbocycles. The minimum Gasteiger partial charge on any atom is -0.479 e. The molecule has 0 fully saturated rings. The average Bonchev–Trinajstić information content (AvgIpc) is 3.02. The van der Waals surface area contributed by atoms with Crippen LogP contribution in [0.15, 0.2) is 46.5 Å². The van der Waals surface area contributed by atoms with Gasteiger partial charge >= 0.3 is 0 Å². The summed E-state index contributed by atoms with van der Waals surface area (Å²) in [5.41, 5.74) is 1.95. The SMILES string of the molecule is C=N/C(OC)=C(\N=C(C)Cn1cnc(CF)n1)c1cccc(Cl)c1. The Hall–Kier alpha value is -2.54. The highest BCUT2D eigenvalue weighted by atomic mass is 35.5. The van der Waals surface area contributed by atoms with Crippen LogP contribution in [-0.4, -0.2) is 34.3 Å². The lowest BCUT2D eigenvalue weighted by Crippen LogP contribution is -2.08. The zero-order valence-electron chi connectivity index (χ0n) is 13.4. The zero-order valence-corrected chi connectivity index (χ0v) is 14.2. The molecule has 0 amide bonds. The Morgan fingerprint density at radius 3 is 2.83 bits per heavy atom. The Morgan fingerprint density at radius 2 is 2.25 bits per heavy atom. The van der Waals surface area contributed by atoms with Crippen LogP contribution in [0.5, 0.6) is 0 Å². The van der Waals surface area contributed by atoms with E-state index in [9.17, 15) is 4.39 Å². The van der Waals surface area contributed by atoms with Crippen LogP contribution < -0.4 is 0 Å². The first-order valence-corrected chi connectivity index (χ1v) is 7.44. The molecule has 0 N–H and O–H groups in total. The minimum absolute atomic E-state index is 0.138. The van der Waals surface area contributed by atoms with Crippen LogP contribution >= 0.6 is 11.6 Å². The molecule has 0 unspecified atom stereocenters. The normalized spacial score (nSPS) is 12.8. The standard InChI is InChI=1S/C16H17ClFN5O/c1-11(9-23-10-20-14(8-18)22-23)21-15(16(19-2)24-3)12-5-4-6-13(17)7-12/h4-7,10H,2,8-9H2,1,3H3/b16-15+,21-11?. The van der Waals surface area contributed by atoms with Crippen molar-refractivity contribution in [3.63, 3.8) is 0 Å². The average molecular weight is 350 g/mol. The first-order chi connectivity index (χ1) is 11.6. The summed E-state index contributed by atoms with van der Waals surface area (Å²) in [6, 6.07) is 7.18. The van der Waals surface area contributed by atoms with E-state index in [1.54, 1.807) is 12.1 Å². The van der Waals surface area contributed by atoms with Crippen LogP contribution in [0.4, 0.5) is 4.39 Å². The van der Waals surface area contributed by atoms with Gasteiger partial charge in [-0.2, -0.15) is 5.10 Å². The van der Waals surface area contributed by atoms with Crippen molar-refractivity contribution in [3.05, 3.63) is 52.9 Å². The van der Waals surface area contributed by atoms with Gasteiger partial charge in [0, 0.05) is 16.3 Å². The molecule has 0 aliphatic heterocycles. The Labute approximate surface area is 144 Å². The number of aromatic nitrogens is 3. The number of alkyl halides is 1. The van der Waals surface area contributed by atoms with Gasteiger partial charge in [0.25, 0.3) is 0 Å². The summed E-state index contributed by atoms with van der Waals surface area (Å²) in [6.07, 6.45) is 1.46. The largest absolute Gasteiger partial charge is 0.479 e. The van der Waals surface area contributed by atoms with Gasteiger partial charge in [-0.1, -0.05) is 23.7 Å². The summed E-state index contributed by atoms with van der Waals surface area (Å²) in [4.78, 5) is 12.3. The molecular formula is C16H17ClFN5O. The van der Waals surface area contributed by atoms with E-state index in [-0.39, 0.29) is 11.7 Å². The van der Waals surface area contributed by atoms with Crippen LogP contribution in [0.2, 0.25) is 5.02 Å². The molecule has 24 heavy (non-hydrogen) atoms. The van der Waals surface area contributed by atoms with Crippen LogP contribution in [0.25, 0.3) is 5.70 Å². The molecule has 2 aromatic rings.